The summed E-state index contributed by atoms with van der Waals surface area (Å²) in [6.07, 6.45) is 14.8. The van der Waals surface area contributed by atoms with Gasteiger partial charge in [0.1, 0.15) is 12.4 Å². The van der Waals surface area contributed by atoms with Crippen LogP contribution in [0.3, 0.4) is 0 Å². The zero-order chi connectivity index (χ0) is 22.1. The summed E-state index contributed by atoms with van der Waals surface area (Å²) in [5.74, 6) is 1.41. The number of allylic oxidation sites excluding steroid dienone is 3. The van der Waals surface area contributed by atoms with E-state index in [-0.39, 0.29) is 11.9 Å². The van der Waals surface area contributed by atoms with Crippen LogP contribution in [0.2, 0.25) is 0 Å². The number of fused-ring (bicyclic) bond motifs is 1. The van der Waals surface area contributed by atoms with E-state index in [1.54, 1.807) is 35.4 Å². The van der Waals surface area contributed by atoms with Crippen molar-refractivity contribution in [2.24, 2.45) is 0 Å². The highest BCUT2D eigenvalue weighted by Gasteiger charge is 2.27. The van der Waals surface area contributed by atoms with Gasteiger partial charge in [0.15, 0.2) is 11.6 Å². The van der Waals surface area contributed by atoms with E-state index in [0.29, 0.717) is 29.7 Å². The second kappa shape index (κ2) is 8.45. The number of halogens is 1. The number of nitrogens with zero attached hydrogens (tertiary/aromatic N) is 5. The number of imidazole rings is 1. The van der Waals surface area contributed by atoms with Gasteiger partial charge >= 0.3 is 0 Å². The molecule has 0 radical (unpaired) electrons. The second-order valence-electron chi connectivity index (χ2n) is 8.13. The third-order valence-corrected chi connectivity index (χ3v) is 5.79. The van der Waals surface area contributed by atoms with E-state index in [0.717, 1.165) is 30.8 Å². The van der Waals surface area contributed by atoms with E-state index < -0.39 is 0 Å². The third kappa shape index (κ3) is 4.08. The molecule has 0 amide bonds. The molecule has 1 atom stereocenters. The molecule has 0 saturated carbocycles. The van der Waals surface area contributed by atoms with Crippen LogP contribution >= 0.6 is 0 Å². The first kappa shape index (κ1) is 20.2. The Morgan fingerprint density at radius 3 is 2.91 bits per heavy atom. The lowest BCUT2D eigenvalue weighted by atomic mass is 9.99. The molecule has 1 aromatic carbocycles. The number of hydrogen-bond acceptors (Lipinski definition) is 6. The largest absolute Gasteiger partial charge is 0.486 e. The van der Waals surface area contributed by atoms with Crippen molar-refractivity contribution in [3.8, 4) is 11.4 Å². The van der Waals surface area contributed by atoms with Gasteiger partial charge < -0.3 is 19.5 Å². The Hall–Kier alpha value is -3.68. The molecule has 3 aromatic rings. The molecule has 32 heavy (non-hydrogen) atoms. The molecular formula is C24H25FN6O. The van der Waals surface area contributed by atoms with E-state index in [4.69, 9.17) is 4.74 Å². The van der Waals surface area contributed by atoms with Crippen LogP contribution in [0.15, 0.2) is 60.7 Å². The molecule has 2 aromatic heterocycles. The average Bonchev–Trinajstić information content (AvgIpc) is 3.23. The van der Waals surface area contributed by atoms with E-state index in [2.05, 4.69) is 43.4 Å². The smallest absolute Gasteiger partial charge is 0.229 e. The number of ether oxygens (including phenoxy) is 1. The number of rotatable bonds is 5. The van der Waals surface area contributed by atoms with Crippen molar-refractivity contribution in [1.82, 2.24) is 19.5 Å². The summed E-state index contributed by atoms with van der Waals surface area (Å²) in [5, 5.41) is 3.10. The Morgan fingerprint density at radius 2 is 2.16 bits per heavy atom. The summed E-state index contributed by atoms with van der Waals surface area (Å²) >= 11 is 0. The second-order valence-corrected chi connectivity index (χ2v) is 8.13. The lowest BCUT2D eigenvalue weighted by Crippen LogP contribution is -2.41. The average molecular weight is 433 g/mol. The maximum absolute atomic E-state index is 14.7. The monoisotopic (exact) mass is 432 g/mol. The minimum absolute atomic E-state index is 0.189. The Morgan fingerprint density at radius 1 is 1.25 bits per heavy atom. The number of aromatic nitrogens is 4. The van der Waals surface area contributed by atoms with E-state index in [1.807, 2.05) is 14.0 Å². The van der Waals surface area contributed by atoms with E-state index in [9.17, 15) is 4.39 Å². The molecule has 0 fully saturated rings. The predicted molar refractivity (Wildman–Crippen MR) is 122 cm³/mol. The first-order valence-corrected chi connectivity index (χ1v) is 10.7. The molecule has 1 N–H and O–H groups in total. The molecule has 1 aliphatic carbocycles. The highest BCUT2D eigenvalue weighted by Crippen LogP contribution is 2.34. The summed E-state index contributed by atoms with van der Waals surface area (Å²) in [6.45, 7) is 2.46. The van der Waals surface area contributed by atoms with E-state index >= 15 is 0 Å². The lowest BCUT2D eigenvalue weighted by Gasteiger charge is -2.35. The Labute approximate surface area is 186 Å². The predicted octanol–water partition coefficient (Wildman–Crippen LogP) is 4.72. The summed E-state index contributed by atoms with van der Waals surface area (Å²) in [5.41, 5.74) is 3.16. The first-order chi connectivity index (χ1) is 15.6. The zero-order valence-electron chi connectivity index (χ0n) is 18.1. The number of aryl methyl sites for hydroxylation is 1. The minimum Gasteiger partial charge on any atom is -0.486 e. The van der Waals surface area contributed by atoms with Crippen LogP contribution in [0.4, 0.5) is 21.8 Å². The fourth-order valence-corrected chi connectivity index (χ4v) is 4.01. The fraction of sp³-hybridized carbons (Fsp3) is 0.292. The lowest BCUT2D eigenvalue weighted by molar-refractivity contribution is 0.262. The molecule has 2 aliphatic rings. The van der Waals surface area contributed by atoms with Gasteiger partial charge in [-0.1, -0.05) is 23.8 Å². The Bertz CT molecular complexity index is 1200. The van der Waals surface area contributed by atoms with Crippen molar-refractivity contribution in [2.45, 2.75) is 32.2 Å². The summed E-state index contributed by atoms with van der Waals surface area (Å²) in [6, 6.07) is 5.11. The van der Waals surface area contributed by atoms with Crippen molar-refractivity contribution < 1.29 is 9.13 Å². The molecule has 0 spiro atoms. The molecule has 7 nitrogen and oxygen atoms in total. The number of likely N-dealkylation sites (N-methyl/N-ethyl adjacent to an activating group) is 1. The van der Waals surface area contributed by atoms with Gasteiger partial charge in [0, 0.05) is 18.9 Å². The molecule has 164 valence electrons. The molecule has 0 bridgehead atoms. The number of hydrogen-bond donors (Lipinski definition) is 1. The number of anilines is 3. The topological polar surface area (TPSA) is 68.1 Å². The molecule has 3 heterocycles. The highest BCUT2D eigenvalue weighted by atomic mass is 19.1. The molecule has 1 aliphatic heterocycles. The Balaban J connectivity index is 1.33. The molecule has 0 saturated heterocycles. The molecule has 5 rings (SSSR count). The van der Waals surface area contributed by atoms with E-state index in [1.165, 1.54) is 11.6 Å². The number of benzene rings is 1. The summed E-state index contributed by atoms with van der Waals surface area (Å²) < 4.78 is 22.3. The van der Waals surface area contributed by atoms with Gasteiger partial charge in [-0.2, -0.15) is 4.98 Å². The third-order valence-electron chi connectivity index (χ3n) is 5.79. The SMILES string of the molecule is Cc1cn(-c2ccc(Nc3ncc4c(n3)N(C)C(CC3=CCCC=C3)CO4)cc2F)cn1. The molecular weight excluding hydrogens is 407 g/mol. The van der Waals surface area contributed by atoms with Gasteiger partial charge in [-0.05, 0) is 44.4 Å². The maximum atomic E-state index is 14.7. The van der Waals surface area contributed by atoms with Gasteiger partial charge in [0.2, 0.25) is 5.95 Å². The molecule has 1 unspecified atom stereocenters. The van der Waals surface area contributed by atoms with Crippen LogP contribution in [0.25, 0.3) is 5.69 Å². The maximum Gasteiger partial charge on any atom is 0.229 e. The van der Waals surface area contributed by atoms with Crippen molar-refractivity contribution in [3.05, 3.63) is 72.2 Å². The van der Waals surface area contributed by atoms with Gasteiger partial charge in [-0.25, -0.2) is 14.4 Å². The molecule has 8 heteroatoms. The van der Waals surface area contributed by atoms with Gasteiger partial charge in [0.25, 0.3) is 0 Å². The minimum atomic E-state index is -0.361. The van der Waals surface area contributed by atoms with Gasteiger partial charge in [-0.15, -0.1) is 0 Å². The van der Waals surface area contributed by atoms with Crippen LogP contribution in [-0.4, -0.2) is 39.2 Å². The van der Waals surface area contributed by atoms with Crippen LogP contribution in [0.5, 0.6) is 5.75 Å². The van der Waals surface area contributed by atoms with Gasteiger partial charge in [0.05, 0.1) is 29.9 Å². The summed E-state index contributed by atoms with van der Waals surface area (Å²) in [7, 11) is 2.03. The Kier molecular flexibility index (Phi) is 5.34. The van der Waals surface area contributed by atoms with Crippen molar-refractivity contribution in [1.29, 1.82) is 0 Å². The highest BCUT2D eigenvalue weighted by molar-refractivity contribution is 5.61. The van der Waals surface area contributed by atoms with Crippen molar-refractivity contribution >= 4 is 17.5 Å². The fourth-order valence-electron chi connectivity index (χ4n) is 4.01. The van der Waals surface area contributed by atoms with Crippen molar-refractivity contribution in [2.75, 3.05) is 23.9 Å². The first-order valence-electron chi connectivity index (χ1n) is 10.7. The van der Waals surface area contributed by atoms with Crippen LogP contribution in [-0.2, 0) is 0 Å². The quantitative estimate of drug-likeness (QED) is 0.629. The standard InChI is InChI=1S/C24H25FN6O/c1-16-13-31(15-27-16)21-9-8-18(11-20(21)25)28-24-26-12-22-23(29-24)30(2)19(14-32-22)10-17-6-4-3-5-7-17/h4,6-9,11-13,15,19H,3,5,10,14H2,1-2H3,(H,26,28,29). The van der Waals surface area contributed by atoms with Crippen LogP contribution < -0.4 is 15.0 Å². The summed E-state index contributed by atoms with van der Waals surface area (Å²) in [4.78, 5) is 15.3. The number of nitrogens with one attached hydrogen (secondary N) is 1. The van der Waals surface area contributed by atoms with Crippen LogP contribution in [0.1, 0.15) is 25.0 Å². The normalized spacial score (nSPS) is 17.5. The zero-order valence-corrected chi connectivity index (χ0v) is 18.1. The van der Waals surface area contributed by atoms with Crippen molar-refractivity contribution in [3.63, 3.8) is 0 Å². The van der Waals surface area contributed by atoms with Gasteiger partial charge in [-0.3, -0.25) is 0 Å². The van der Waals surface area contributed by atoms with Crippen LogP contribution in [0, 0.1) is 12.7 Å².